The summed E-state index contributed by atoms with van der Waals surface area (Å²) in [5.74, 6) is 2.76. The molecule has 13 heavy (non-hydrogen) atoms. The van der Waals surface area contributed by atoms with E-state index in [4.69, 9.17) is 4.55 Å². The van der Waals surface area contributed by atoms with Gasteiger partial charge in [-0.1, -0.05) is 34.9 Å². The molecule has 0 aliphatic heterocycles. The number of rotatable bonds is 9. The van der Waals surface area contributed by atoms with Gasteiger partial charge in [0.15, 0.2) is 11.1 Å². The van der Waals surface area contributed by atoms with E-state index in [9.17, 15) is 4.21 Å². The van der Waals surface area contributed by atoms with Gasteiger partial charge in [0.1, 0.15) is 0 Å². The highest BCUT2D eigenvalue weighted by atomic mass is 33.1. The fourth-order valence-corrected chi connectivity index (χ4v) is 3.54. The van der Waals surface area contributed by atoms with Gasteiger partial charge in [-0.05, 0) is 19.3 Å². The van der Waals surface area contributed by atoms with Gasteiger partial charge in [0.25, 0.3) is 0 Å². The number of unbranched alkanes of at least 4 members (excludes halogenated alkanes) is 2. The summed E-state index contributed by atoms with van der Waals surface area (Å²) >= 11 is -1.59. The van der Waals surface area contributed by atoms with Crippen molar-refractivity contribution in [2.75, 3.05) is 17.3 Å². The molecule has 5 heteroatoms. The normalized spacial score (nSPS) is 13.1. The van der Waals surface area contributed by atoms with Gasteiger partial charge in [-0.3, -0.25) is 0 Å². The molecule has 0 aromatic carbocycles. The lowest BCUT2D eigenvalue weighted by atomic mass is 10.4. The van der Waals surface area contributed by atoms with Crippen LogP contribution in [0, 0.1) is 0 Å². The second kappa shape index (κ2) is 10.9. The topological polar surface area (TPSA) is 37.3 Å². The van der Waals surface area contributed by atoms with Crippen LogP contribution in [-0.2, 0) is 11.1 Å². The van der Waals surface area contributed by atoms with E-state index in [1.807, 2.05) is 21.6 Å². The zero-order valence-corrected chi connectivity index (χ0v) is 10.5. The molecule has 0 radical (unpaired) electrons. The smallest absolute Gasteiger partial charge is 0.152 e. The van der Waals surface area contributed by atoms with E-state index >= 15 is 0 Å². The van der Waals surface area contributed by atoms with Crippen molar-refractivity contribution in [3.63, 3.8) is 0 Å². The highest BCUT2D eigenvalue weighted by Gasteiger charge is 1.94. The summed E-state index contributed by atoms with van der Waals surface area (Å²) in [6.45, 7) is 2.20. The first kappa shape index (κ1) is 13.8. The first-order chi connectivity index (χ1) is 6.27. The maximum Gasteiger partial charge on any atom is 0.152 e. The molecule has 1 N–H and O–H groups in total. The summed E-state index contributed by atoms with van der Waals surface area (Å²) in [5, 5.41) is 0. The largest absolute Gasteiger partial charge is 0.306 e. The average Bonchev–Trinajstić information content (AvgIpc) is 2.09. The van der Waals surface area contributed by atoms with Crippen LogP contribution in [0.3, 0.4) is 0 Å². The summed E-state index contributed by atoms with van der Waals surface area (Å²) in [5.41, 5.74) is 0. The molecule has 0 bridgehead atoms. The van der Waals surface area contributed by atoms with Gasteiger partial charge in [-0.15, -0.1) is 0 Å². The Kier molecular flexibility index (Phi) is 11.6. The maximum absolute atomic E-state index is 10.3. The van der Waals surface area contributed by atoms with E-state index in [1.165, 1.54) is 18.6 Å². The first-order valence-corrected chi connectivity index (χ1v) is 8.35. The molecule has 0 saturated heterocycles. The Bertz CT molecular complexity index is 131. The second-order valence-electron chi connectivity index (χ2n) is 2.73. The summed E-state index contributed by atoms with van der Waals surface area (Å²) in [4.78, 5) is 0. The third-order valence-electron chi connectivity index (χ3n) is 1.46. The molecule has 0 rings (SSSR count). The van der Waals surface area contributed by atoms with Crippen molar-refractivity contribution in [3.8, 4) is 0 Å². The minimum atomic E-state index is -1.59. The van der Waals surface area contributed by atoms with Crippen LogP contribution in [0.2, 0.25) is 0 Å². The molecule has 80 valence electrons. The van der Waals surface area contributed by atoms with Crippen molar-refractivity contribution in [3.05, 3.63) is 0 Å². The zero-order valence-electron chi connectivity index (χ0n) is 8.03. The van der Waals surface area contributed by atoms with Crippen molar-refractivity contribution >= 4 is 32.7 Å². The Labute approximate surface area is 91.3 Å². The summed E-state index contributed by atoms with van der Waals surface area (Å²) in [6.07, 6.45) is 4.47. The molecule has 0 aromatic heterocycles. The van der Waals surface area contributed by atoms with Crippen molar-refractivity contribution in [2.24, 2.45) is 0 Å². The van der Waals surface area contributed by atoms with Crippen molar-refractivity contribution < 1.29 is 8.76 Å². The summed E-state index contributed by atoms with van der Waals surface area (Å²) in [7, 11) is 3.80. The van der Waals surface area contributed by atoms with Crippen LogP contribution in [0.4, 0.5) is 0 Å². The average molecular weight is 242 g/mol. The van der Waals surface area contributed by atoms with Crippen molar-refractivity contribution in [1.29, 1.82) is 0 Å². The maximum atomic E-state index is 10.3. The molecule has 0 aliphatic carbocycles. The minimum Gasteiger partial charge on any atom is -0.306 e. The standard InChI is InChI=1S/C8H18O2S3/c1-2-3-6-11-12-7-4-5-8-13(9)10/h2-8H2,1H3,(H,9,10). The molecule has 0 aromatic rings. The van der Waals surface area contributed by atoms with Crippen LogP contribution in [0.15, 0.2) is 0 Å². The molecule has 1 atom stereocenters. The molecular weight excluding hydrogens is 224 g/mol. The molecule has 0 amide bonds. The third kappa shape index (κ3) is 12.8. The lowest BCUT2D eigenvalue weighted by molar-refractivity contribution is 0.561. The molecular formula is C8H18O2S3. The van der Waals surface area contributed by atoms with Crippen LogP contribution in [0.1, 0.15) is 32.6 Å². The van der Waals surface area contributed by atoms with Crippen LogP contribution in [0.5, 0.6) is 0 Å². The lowest BCUT2D eigenvalue weighted by Crippen LogP contribution is -1.94. The summed E-state index contributed by atoms with van der Waals surface area (Å²) < 4.78 is 18.8. The van der Waals surface area contributed by atoms with Gasteiger partial charge >= 0.3 is 0 Å². The Balaban J connectivity index is 2.87. The van der Waals surface area contributed by atoms with E-state index in [-0.39, 0.29) is 0 Å². The number of hydrogen-bond acceptors (Lipinski definition) is 3. The Morgan fingerprint density at radius 1 is 1.15 bits per heavy atom. The van der Waals surface area contributed by atoms with Gasteiger partial charge in [0, 0.05) is 17.3 Å². The van der Waals surface area contributed by atoms with Gasteiger partial charge in [-0.2, -0.15) is 0 Å². The fourth-order valence-electron chi connectivity index (χ4n) is 0.708. The Morgan fingerprint density at radius 2 is 1.77 bits per heavy atom. The van der Waals surface area contributed by atoms with Gasteiger partial charge in [0.05, 0.1) is 0 Å². The molecule has 1 unspecified atom stereocenters. The SMILES string of the molecule is CCCCSSCCCCS(=O)O. The molecule has 0 spiro atoms. The predicted octanol–water partition coefficient (Wildman–Crippen LogP) is 3.17. The molecule has 0 heterocycles. The fraction of sp³-hybridized carbons (Fsp3) is 1.00. The molecule has 0 aliphatic rings. The second-order valence-corrected chi connectivity index (χ2v) is 6.48. The van der Waals surface area contributed by atoms with E-state index in [1.54, 1.807) is 0 Å². The van der Waals surface area contributed by atoms with Crippen LogP contribution in [-0.4, -0.2) is 26.0 Å². The van der Waals surface area contributed by atoms with E-state index in [2.05, 4.69) is 6.92 Å². The van der Waals surface area contributed by atoms with Gasteiger partial charge < -0.3 is 4.55 Å². The number of hydrogen-bond donors (Lipinski definition) is 1. The third-order valence-corrected chi connectivity index (χ3v) is 4.68. The Hall–Kier alpha value is 0.810. The summed E-state index contributed by atoms with van der Waals surface area (Å²) in [6, 6.07) is 0. The molecule has 2 nitrogen and oxygen atoms in total. The first-order valence-electron chi connectivity index (χ1n) is 4.59. The van der Waals surface area contributed by atoms with Gasteiger partial charge in [0.2, 0.25) is 0 Å². The van der Waals surface area contributed by atoms with E-state index in [0.717, 1.165) is 18.6 Å². The van der Waals surface area contributed by atoms with Crippen LogP contribution >= 0.6 is 21.6 Å². The van der Waals surface area contributed by atoms with Crippen LogP contribution < -0.4 is 0 Å². The van der Waals surface area contributed by atoms with Crippen molar-refractivity contribution in [1.82, 2.24) is 0 Å². The Morgan fingerprint density at radius 3 is 2.31 bits per heavy atom. The van der Waals surface area contributed by atoms with Crippen molar-refractivity contribution in [2.45, 2.75) is 32.6 Å². The highest BCUT2D eigenvalue weighted by Crippen LogP contribution is 2.23. The highest BCUT2D eigenvalue weighted by molar-refractivity contribution is 8.76. The van der Waals surface area contributed by atoms with Crippen LogP contribution in [0.25, 0.3) is 0 Å². The minimum absolute atomic E-state index is 0.431. The quantitative estimate of drug-likeness (QED) is 0.383. The van der Waals surface area contributed by atoms with Gasteiger partial charge in [-0.25, -0.2) is 4.21 Å². The monoisotopic (exact) mass is 242 g/mol. The van der Waals surface area contributed by atoms with E-state index < -0.39 is 11.1 Å². The molecule has 0 fully saturated rings. The zero-order chi connectivity index (χ0) is 9.94. The van der Waals surface area contributed by atoms with E-state index in [0.29, 0.717) is 5.75 Å². The lowest BCUT2D eigenvalue weighted by Gasteiger charge is -1.99. The predicted molar refractivity (Wildman–Crippen MR) is 64.7 cm³/mol. The molecule has 0 saturated carbocycles.